The molecule has 2 bridgehead atoms. The van der Waals surface area contributed by atoms with Crippen LogP contribution >= 0.6 is 0 Å². The Balaban J connectivity index is 2.31. The molecule has 0 saturated heterocycles. The summed E-state index contributed by atoms with van der Waals surface area (Å²) in [5, 5.41) is 9.79. The van der Waals surface area contributed by atoms with Crippen molar-refractivity contribution < 1.29 is 5.11 Å². The van der Waals surface area contributed by atoms with Crippen LogP contribution in [0.25, 0.3) is 0 Å². The number of aliphatic hydroxyl groups excluding tert-OH is 1. The highest BCUT2D eigenvalue weighted by Gasteiger charge is 2.42. The van der Waals surface area contributed by atoms with Gasteiger partial charge < -0.3 is 5.11 Å². The molecule has 1 nitrogen and oxygen atoms in total. The minimum Gasteiger partial charge on any atom is -0.388 e. The summed E-state index contributed by atoms with van der Waals surface area (Å²) in [6, 6.07) is 0. The summed E-state index contributed by atoms with van der Waals surface area (Å²) in [6.07, 6.45) is 3.74. The molecule has 0 aromatic carbocycles. The second kappa shape index (κ2) is 2.34. The Morgan fingerprint density at radius 1 is 1.36 bits per heavy atom. The first-order chi connectivity index (χ1) is 5.20. The molecule has 2 aliphatic rings. The molecule has 3 atom stereocenters. The van der Waals surface area contributed by atoms with Crippen LogP contribution in [-0.4, -0.2) is 11.2 Å². The number of hydrogen-bond acceptors (Lipinski definition) is 1. The van der Waals surface area contributed by atoms with Crippen LogP contribution in [0.15, 0.2) is 11.1 Å². The highest BCUT2D eigenvalue weighted by Crippen LogP contribution is 2.49. The van der Waals surface area contributed by atoms with Crippen LogP contribution in [0.1, 0.15) is 33.1 Å². The van der Waals surface area contributed by atoms with E-state index in [1.54, 1.807) is 0 Å². The van der Waals surface area contributed by atoms with Gasteiger partial charge in [0.15, 0.2) is 0 Å². The normalized spacial score (nSPS) is 41.7. The van der Waals surface area contributed by atoms with Crippen LogP contribution in [0.4, 0.5) is 0 Å². The van der Waals surface area contributed by atoms with Gasteiger partial charge in [0, 0.05) is 0 Å². The van der Waals surface area contributed by atoms with Crippen LogP contribution in [-0.2, 0) is 0 Å². The fraction of sp³-hybridized carbons (Fsp3) is 0.800. The monoisotopic (exact) mass is 152 g/mol. The maximum atomic E-state index is 9.79. The molecule has 0 heterocycles. The van der Waals surface area contributed by atoms with E-state index in [9.17, 15) is 5.11 Å². The third-order valence-electron chi connectivity index (χ3n) is 3.26. The molecule has 0 unspecified atom stereocenters. The Morgan fingerprint density at radius 3 is 2.45 bits per heavy atom. The number of fused-ring (bicyclic) bond motifs is 2. The largest absolute Gasteiger partial charge is 0.388 e. The van der Waals surface area contributed by atoms with Gasteiger partial charge in [-0.15, -0.1) is 0 Å². The standard InChI is InChI=1S/C10H16O/c1-6(2)9-7-3-4-8(5-7)10(9)11/h7-8,10-11H,3-5H2,1-2H3/t7-,8+,10-/m1/s1. The summed E-state index contributed by atoms with van der Waals surface area (Å²) in [5.41, 5.74) is 2.71. The van der Waals surface area contributed by atoms with Crippen molar-refractivity contribution in [2.24, 2.45) is 11.8 Å². The lowest BCUT2D eigenvalue weighted by Gasteiger charge is -2.21. The molecule has 2 fully saturated rings. The van der Waals surface area contributed by atoms with Crippen LogP contribution in [0.2, 0.25) is 0 Å². The third kappa shape index (κ3) is 0.943. The highest BCUT2D eigenvalue weighted by molar-refractivity contribution is 5.26. The molecule has 0 aromatic rings. The van der Waals surface area contributed by atoms with E-state index in [-0.39, 0.29) is 6.10 Å². The van der Waals surface area contributed by atoms with Gasteiger partial charge >= 0.3 is 0 Å². The fourth-order valence-corrected chi connectivity index (χ4v) is 2.79. The predicted molar refractivity (Wildman–Crippen MR) is 45.2 cm³/mol. The minimum atomic E-state index is -0.0845. The Kier molecular flexibility index (Phi) is 1.57. The zero-order valence-electron chi connectivity index (χ0n) is 7.30. The van der Waals surface area contributed by atoms with E-state index in [2.05, 4.69) is 13.8 Å². The molecular weight excluding hydrogens is 136 g/mol. The minimum absolute atomic E-state index is 0.0845. The second-order valence-electron chi connectivity index (χ2n) is 4.17. The van der Waals surface area contributed by atoms with Gasteiger partial charge in [-0.2, -0.15) is 0 Å². The van der Waals surface area contributed by atoms with Crippen molar-refractivity contribution in [3.63, 3.8) is 0 Å². The molecule has 11 heavy (non-hydrogen) atoms. The van der Waals surface area contributed by atoms with E-state index in [1.165, 1.54) is 30.4 Å². The van der Waals surface area contributed by atoms with Gasteiger partial charge in [-0.1, -0.05) is 5.57 Å². The van der Waals surface area contributed by atoms with Gasteiger partial charge in [-0.3, -0.25) is 0 Å². The summed E-state index contributed by atoms with van der Waals surface area (Å²) in [5.74, 6) is 1.34. The smallest absolute Gasteiger partial charge is 0.0783 e. The van der Waals surface area contributed by atoms with Crippen molar-refractivity contribution in [3.8, 4) is 0 Å². The summed E-state index contributed by atoms with van der Waals surface area (Å²) in [4.78, 5) is 0. The van der Waals surface area contributed by atoms with Crippen molar-refractivity contribution in [2.75, 3.05) is 0 Å². The number of rotatable bonds is 0. The summed E-state index contributed by atoms with van der Waals surface area (Å²) in [7, 11) is 0. The summed E-state index contributed by atoms with van der Waals surface area (Å²) < 4.78 is 0. The molecule has 2 saturated carbocycles. The lowest BCUT2D eigenvalue weighted by molar-refractivity contribution is 0.153. The van der Waals surface area contributed by atoms with E-state index in [0.717, 1.165) is 5.92 Å². The van der Waals surface area contributed by atoms with Crippen LogP contribution in [0.5, 0.6) is 0 Å². The van der Waals surface area contributed by atoms with Gasteiger partial charge in [0.2, 0.25) is 0 Å². The molecule has 0 aliphatic heterocycles. The van der Waals surface area contributed by atoms with E-state index < -0.39 is 0 Å². The van der Waals surface area contributed by atoms with Crippen LogP contribution in [0.3, 0.4) is 0 Å². The second-order valence-corrected chi connectivity index (χ2v) is 4.17. The van der Waals surface area contributed by atoms with Crippen molar-refractivity contribution in [1.82, 2.24) is 0 Å². The summed E-state index contributed by atoms with van der Waals surface area (Å²) in [6.45, 7) is 4.25. The van der Waals surface area contributed by atoms with Gasteiger partial charge in [0.25, 0.3) is 0 Å². The molecule has 1 heteroatoms. The lowest BCUT2D eigenvalue weighted by atomic mass is 9.89. The van der Waals surface area contributed by atoms with E-state index in [1.807, 2.05) is 0 Å². The average molecular weight is 152 g/mol. The molecule has 1 N–H and O–H groups in total. The van der Waals surface area contributed by atoms with Gasteiger partial charge in [0.05, 0.1) is 6.10 Å². The van der Waals surface area contributed by atoms with E-state index in [0.29, 0.717) is 5.92 Å². The molecule has 0 aromatic heterocycles. The SMILES string of the molecule is CC(C)=C1[C@@H]2CC[C@@H](C2)[C@H]1O. The number of allylic oxidation sites excluding steroid dienone is 1. The molecule has 2 rings (SSSR count). The Hall–Kier alpha value is -0.300. The topological polar surface area (TPSA) is 20.2 Å². The number of hydrogen-bond donors (Lipinski definition) is 1. The molecule has 2 aliphatic carbocycles. The molecule has 0 amide bonds. The Morgan fingerprint density at radius 2 is 2.09 bits per heavy atom. The van der Waals surface area contributed by atoms with Gasteiger partial charge in [0.1, 0.15) is 0 Å². The first kappa shape index (κ1) is 7.35. The van der Waals surface area contributed by atoms with Crippen molar-refractivity contribution in [1.29, 1.82) is 0 Å². The molecule has 0 radical (unpaired) electrons. The maximum Gasteiger partial charge on any atom is 0.0783 e. The van der Waals surface area contributed by atoms with Gasteiger partial charge in [-0.05, 0) is 50.5 Å². The quantitative estimate of drug-likeness (QED) is 0.527. The van der Waals surface area contributed by atoms with Crippen molar-refractivity contribution in [3.05, 3.63) is 11.1 Å². The van der Waals surface area contributed by atoms with E-state index in [4.69, 9.17) is 0 Å². The molecule has 0 spiro atoms. The molecule has 62 valence electrons. The zero-order chi connectivity index (χ0) is 8.01. The first-order valence-electron chi connectivity index (χ1n) is 4.55. The van der Waals surface area contributed by atoms with E-state index >= 15 is 0 Å². The Bertz CT molecular complexity index is 197. The predicted octanol–water partition coefficient (Wildman–Crippen LogP) is 2.11. The maximum absolute atomic E-state index is 9.79. The third-order valence-corrected chi connectivity index (χ3v) is 3.26. The molecular formula is C10H16O. The summed E-state index contributed by atoms with van der Waals surface area (Å²) >= 11 is 0. The number of aliphatic hydroxyl groups is 1. The van der Waals surface area contributed by atoms with Crippen LogP contribution in [0, 0.1) is 11.8 Å². The fourth-order valence-electron chi connectivity index (χ4n) is 2.79. The highest BCUT2D eigenvalue weighted by atomic mass is 16.3. The van der Waals surface area contributed by atoms with Crippen LogP contribution < -0.4 is 0 Å². The first-order valence-corrected chi connectivity index (χ1v) is 4.55. The Labute approximate surface area is 68.1 Å². The average Bonchev–Trinajstić information content (AvgIpc) is 2.44. The lowest BCUT2D eigenvalue weighted by Crippen LogP contribution is -2.19. The zero-order valence-corrected chi connectivity index (χ0v) is 7.30. The van der Waals surface area contributed by atoms with Gasteiger partial charge in [-0.25, -0.2) is 0 Å². The van der Waals surface area contributed by atoms with Crippen molar-refractivity contribution >= 4 is 0 Å². The van der Waals surface area contributed by atoms with Crippen molar-refractivity contribution in [2.45, 2.75) is 39.2 Å².